The molecule has 0 aliphatic carbocycles. The molecule has 1 aromatic carbocycles. The molecular weight excluding hydrogens is 342 g/mol. The van der Waals surface area contributed by atoms with Gasteiger partial charge >= 0.3 is 0 Å². The minimum Gasteiger partial charge on any atom is -0.351 e. The monoisotopic (exact) mass is 359 g/mol. The van der Waals surface area contributed by atoms with Crippen molar-refractivity contribution in [3.8, 4) is 0 Å². The summed E-state index contributed by atoms with van der Waals surface area (Å²) in [6, 6.07) is 11.5. The summed E-state index contributed by atoms with van der Waals surface area (Å²) in [5.41, 5.74) is 0.967. The van der Waals surface area contributed by atoms with Gasteiger partial charge in [-0.1, -0.05) is 42.1 Å². The van der Waals surface area contributed by atoms with Crippen molar-refractivity contribution in [2.45, 2.75) is 23.9 Å². The zero-order valence-corrected chi connectivity index (χ0v) is 15.0. The molecule has 3 aromatic rings. The second kappa shape index (κ2) is 7.19. The van der Waals surface area contributed by atoms with Crippen LogP contribution >= 0.6 is 23.1 Å². The van der Waals surface area contributed by atoms with Crippen molar-refractivity contribution >= 4 is 39.2 Å². The quantitative estimate of drug-likeness (QED) is 0.562. The van der Waals surface area contributed by atoms with E-state index >= 15 is 0 Å². The third-order valence-corrected chi connectivity index (χ3v) is 5.58. The highest BCUT2D eigenvalue weighted by molar-refractivity contribution is 8.00. The fraction of sp³-hybridized carbons (Fsp3) is 0.235. The molecule has 1 N–H and O–H groups in total. The minimum absolute atomic E-state index is 0.0793. The van der Waals surface area contributed by atoms with Gasteiger partial charge in [0.05, 0.1) is 10.6 Å². The molecule has 0 fully saturated rings. The third-order valence-electron chi connectivity index (χ3n) is 3.62. The molecule has 2 aromatic heterocycles. The van der Waals surface area contributed by atoms with Gasteiger partial charge in [-0.15, -0.1) is 11.3 Å². The van der Waals surface area contributed by atoms with Crippen LogP contribution in [0.1, 0.15) is 12.5 Å². The van der Waals surface area contributed by atoms with Crippen molar-refractivity contribution in [3.05, 3.63) is 57.7 Å². The highest BCUT2D eigenvalue weighted by Crippen LogP contribution is 2.23. The summed E-state index contributed by atoms with van der Waals surface area (Å²) in [6.07, 6.45) is 0. The standard InChI is InChI=1S/C17H17N3O2S2/c1-11(14(21)18-10-12-6-4-3-5-7-12)24-17-19-15-13(8-9-23-15)16(22)20(17)2/h3-9,11H,10H2,1-2H3,(H,18,21)/t11-/m0/s1. The van der Waals surface area contributed by atoms with Crippen LogP contribution in [-0.2, 0) is 18.4 Å². The Labute approximate surface area is 147 Å². The predicted octanol–water partition coefficient (Wildman–Crippen LogP) is 2.79. The summed E-state index contributed by atoms with van der Waals surface area (Å²) >= 11 is 2.72. The first-order chi connectivity index (χ1) is 11.6. The summed E-state index contributed by atoms with van der Waals surface area (Å²) < 4.78 is 1.50. The number of thioether (sulfide) groups is 1. The van der Waals surface area contributed by atoms with E-state index in [1.165, 1.54) is 27.7 Å². The Hall–Kier alpha value is -2.12. The lowest BCUT2D eigenvalue weighted by Crippen LogP contribution is -2.31. The molecule has 3 rings (SSSR count). The molecule has 0 aliphatic heterocycles. The van der Waals surface area contributed by atoms with Crippen molar-refractivity contribution < 1.29 is 4.79 Å². The Bertz CT molecular complexity index is 918. The summed E-state index contributed by atoms with van der Waals surface area (Å²) in [5.74, 6) is -0.0793. The smallest absolute Gasteiger partial charge is 0.262 e. The number of aromatic nitrogens is 2. The maximum absolute atomic E-state index is 12.3. The molecular formula is C17H17N3O2S2. The highest BCUT2D eigenvalue weighted by atomic mass is 32.2. The van der Waals surface area contributed by atoms with E-state index < -0.39 is 0 Å². The van der Waals surface area contributed by atoms with Gasteiger partial charge in [0.2, 0.25) is 5.91 Å². The zero-order valence-electron chi connectivity index (χ0n) is 13.4. The molecule has 5 nitrogen and oxygen atoms in total. The molecule has 1 atom stereocenters. The van der Waals surface area contributed by atoms with Gasteiger partial charge in [0.1, 0.15) is 4.83 Å². The first-order valence-electron chi connectivity index (χ1n) is 7.49. The molecule has 0 unspecified atom stereocenters. The van der Waals surface area contributed by atoms with Gasteiger partial charge in [-0.2, -0.15) is 0 Å². The van der Waals surface area contributed by atoms with E-state index in [2.05, 4.69) is 10.3 Å². The second-order valence-corrected chi connectivity index (χ2v) is 7.56. The summed E-state index contributed by atoms with van der Waals surface area (Å²) in [7, 11) is 1.68. The molecule has 0 saturated heterocycles. The number of hydrogen-bond donors (Lipinski definition) is 1. The van der Waals surface area contributed by atoms with Gasteiger partial charge in [-0.05, 0) is 23.9 Å². The molecule has 1 amide bonds. The Morgan fingerprint density at radius 1 is 1.33 bits per heavy atom. The Balaban J connectivity index is 1.70. The number of benzene rings is 1. The van der Waals surface area contributed by atoms with Gasteiger partial charge in [0, 0.05) is 13.6 Å². The average Bonchev–Trinajstić information content (AvgIpc) is 3.06. The molecule has 0 aliphatic rings. The Morgan fingerprint density at radius 3 is 2.83 bits per heavy atom. The average molecular weight is 359 g/mol. The number of nitrogens with zero attached hydrogens (tertiary/aromatic N) is 2. The van der Waals surface area contributed by atoms with Crippen molar-refractivity contribution in [1.82, 2.24) is 14.9 Å². The maximum atomic E-state index is 12.3. The Kier molecular flexibility index (Phi) is 5.01. The van der Waals surface area contributed by atoms with E-state index in [0.29, 0.717) is 21.9 Å². The predicted molar refractivity (Wildman–Crippen MR) is 98.5 cm³/mol. The molecule has 7 heteroatoms. The van der Waals surface area contributed by atoms with E-state index in [1.54, 1.807) is 13.1 Å². The van der Waals surface area contributed by atoms with Gasteiger partial charge in [0.25, 0.3) is 5.56 Å². The topological polar surface area (TPSA) is 64.0 Å². The van der Waals surface area contributed by atoms with Crippen LogP contribution in [-0.4, -0.2) is 20.7 Å². The molecule has 2 heterocycles. The number of hydrogen-bond acceptors (Lipinski definition) is 5. The molecule has 0 saturated carbocycles. The van der Waals surface area contributed by atoms with E-state index in [0.717, 1.165) is 5.56 Å². The van der Waals surface area contributed by atoms with Crippen LogP contribution in [0.3, 0.4) is 0 Å². The van der Waals surface area contributed by atoms with Crippen LogP contribution in [0.2, 0.25) is 0 Å². The SMILES string of the molecule is C[C@H](Sc1nc2sccc2c(=O)n1C)C(=O)NCc1ccccc1. The maximum Gasteiger partial charge on any atom is 0.262 e. The van der Waals surface area contributed by atoms with Gasteiger partial charge < -0.3 is 5.32 Å². The van der Waals surface area contributed by atoms with Gasteiger partial charge in [-0.3, -0.25) is 14.2 Å². The van der Waals surface area contributed by atoms with Crippen LogP contribution in [0.15, 0.2) is 51.7 Å². The molecule has 0 bridgehead atoms. The fourth-order valence-electron chi connectivity index (χ4n) is 2.23. The Morgan fingerprint density at radius 2 is 2.08 bits per heavy atom. The van der Waals surface area contributed by atoms with E-state index in [-0.39, 0.29) is 16.7 Å². The lowest BCUT2D eigenvalue weighted by molar-refractivity contribution is -0.120. The van der Waals surface area contributed by atoms with Crippen LogP contribution in [0.4, 0.5) is 0 Å². The van der Waals surface area contributed by atoms with Crippen molar-refractivity contribution in [2.75, 3.05) is 0 Å². The lowest BCUT2D eigenvalue weighted by atomic mass is 10.2. The number of nitrogens with one attached hydrogen (secondary N) is 1. The van der Waals surface area contributed by atoms with Crippen molar-refractivity contribution in [2.24, 2.45) is 7.05 Å². The number of fused-ring (bicyclic) bond motifs is 1. The summed E-state index contributed by atoms with van der Waals surface area (Å²) in [4.78, 5) is 29.8. The lowest BCUT2D eigenvalue weighted by Gasteiger charge is -2.13. The van der Waals surface area contributed by atoms with Crippen LogP contribution in [0, 0.1) is 0 Å². The number of rotatable bonds is 5. The number of carbonyl (C=O) groups is 1. The van der Waals surface area contributed by atoms with Crippen molar-refractivity contribution in [1.29, 1.82) is 0 Å². The summed E-state index contributed by atoms with van der Waals surface area (Å²) in [6.45, 7) is 2.30. The minimum atomic E-state index is -0.343. The molecule has 0 radical (unpaired) electrons. The van der Waals surface area contributed by atoms with E-state index in [4.69, 9.17) is 0 Å². The van der Waals surface area contributed by atoms with Crippen LogP contribution < -0.4 is 10.9 Å². The van der Waals surface area contributed by atoms with Gasteiger partial charge in [0.15, 0.2) is 5.16 Å². The van der Waals surface area contributed by atoms with Crippen LogP contribution in [0.5, 0.6) is 0 Å². The zero-order chi connectivity index (χ0) is 17.1. The number of thiophene rings is 1. The second-order valence-electron chi connectivity index (χ2n) is 5.36. The van der Waals surface area contributed by atoms with Gasteiger partial charge in [-0.25, -0.2) is 4.98 Å². The summed E-state index contributed by atoms with van der Waals surface area (Å²) in [5, 5.41) is 5.59. The largest absolute Gasteiger partial charge is 0.351 e. The van der Waals surface area contributed by atoms with Crippen molar-refractivity contribution in [3.63, 3.8) is 0 Å². The first-order valence-corrected chi connectivity index (χ1v) is 9.24. The number of amides is 1. The first kappa shape index (κ1) is 16.7. The molecule has 0 spiro atoms. The normalized spacial score (nSPS) is 12.2. The van der Waals surface area contributed by atoms with E-state index in [9.17, 15) is 9.59 Å². The fourth-order valence-corrected chi connectivity index (χ4v) is 3.93. The highest BCUT2D eigenvalue weighted by Gasteiger charge is 2.18. The molecule has 24 heavy (non-hydrogen) atoms. The third kappa shape index (κ3) is 3.52. The van der Waals surface area contributed by atoms with Crippen LogP contribution in [0.25, 0.3) is 10.2 Å². The molecule has 124 valence electrons. The van der Waals surface area contributed by atoms with E-state index in [1.807, 2.05) is 42.6 Å². The number of carbonyl (C=O) groups excluding carboxylic acids is 1.